The van der Waals surface area contributed by atoms with Gasteiger partial charge in [0.1, 0.15) is 5.82 Å². The van der Waals surface area contributed by atoms with Gasteiger partial charge in [0.15, 0.2) is 0 Å². The predicted octanol–water partition coefficient (Wildman–Crippen LogP) is 2.38. The maximum Gasteiger partial charge on any atom is 0.254 e. The number of carbonyl (C=O) groups excluding carboxylic acids is 1. The largest absolute Gasteiger partial charge is 0.347 e. The van der Waals surface area contributed by atoms with E-state index in [0.29, 0.717) is 13.0 Å². The van der Waals surface area contributed by atoms with Crippen LogP contribution in [0.15, 0.2) is 18.2 Å². The third-order valence-corrected chi connectivity index (χ3v) is 3.26. The zero-order chi connectivity index (χ0) is 13.8. The van der Waals surface area contributed by atoms with E-state index in [4.69, 9.17) is 5.73 Å². The van der Waals surface area contributed by atoms with Gasteiger partial charge in [-0.15, -0.1) is 0 Å². The van der Waals surface area contributed by atoms with Crippen molar-refractivity contribution in [3.05, 3.63) is 35.1 Å². The van der Waals surface area contributed by atoms with Gasteiger partial charge in [-0.2, -0.15) is 0 Å². The summed E-state index contributed by atoms with van der Waals surface area (Å²) in [7, 11) is 0. The average Bonchev–Trinajstić information content (AvgIpc) is 2.28. The third kappa shape index (κ3) is 3.53. The average molecular weight is 252 g/mol. The van der Waals surface area contributed by atoms with Crippen molar-refractivity contribution in [2.24, 2.45) is 5.73 Å². The molecule has 3 N–H and O–H groups in total. The van der Waals surface area contributed by atoms with Crippen molar-refractivity contribution in [3.8, 4) is 0 Å². The van der Waals surface area contributed by atoms with E-state index in [-0.39, 0.29) is 17.0 Å². The number of hydrogen-bond donors (Lipinski definition) is 2. The maximum atomic E-state index is 13.7. The lowest BCUT2D eigenvalue weighted by Gasteiger charge is -2.29. The molecular weight excluding hydrogens is 231 g/mol. The lowest BCUT2D eigenvalue weighted by atomic mass is 9.94. The lowest BCUT2D eigenvalue weighted by Crippen LogP contribution is -2.47. The quantitative estimate of drug-likeness (QED) is 0.845. The monoisotopic (exact) mass is 252 g/mol. The number of halogens is 1. The summed E-state index contributed by atoms with van der Waals surface area (Å²) in [5, 5.41) is 2.86. The highest BCUT2D eigenvalue weighted by atomic mass is 19.1. The van der Waals surface area contributed by atoms with Crippen molar-refractivity contribution in [1.82, 2.24) is 5.32 Å². The molecule has 0 fully saturated rings. The van der Waals surface area contributed by atoms with Gasteiger partial charge in [0.2, 0.25) is 0 Å². The van der Waals surface area contributed by atoms with Crippen molar-refractivity contribution in [3.63, 3.8) is 0 Å². The summed E-state index contributed by atoms with van der Waals surface area (Å²) in [6.07, 6.45) is 1.42. The van der Waals surface area contributed by atoms with Crippen molar-refractivity contribution >= 4 is 5.91 Å². The molecule has 4 heteroatoms. The molecule has 0 spiro atoms. The molecule has 1 aromatic carbocycles. The number of nitrogens with two attached hydrogens (primary N) is 1. The van der Waals surface area contributed by atoms with Crippen LogP contribution in [0.1, 0.15) is 42.6 Å². The van der Waals surface area contributed by atoms with E-state index in [2.05, 4.69) is 5.32 Å². The number of benzene rings is 1. The standard InChI is InChI=1S/C14H21FN2O/c1-4-14(3,7-8-16)17-13(18)11-6-5-10(2)9-12(11)15/h5-6,9H,4,7-8,16H2,1-3H3,(H,17,18). The molecule has 0 radical (unpaired) electrons. The van der Waals surface area contributed by atoms with Gasteiger partial charge in [0.05, 0.1) is 5.56 Å². The first-order chi connectivity index (χ1) is 8.41. The molecule has 0 bridgehead atoms. The predicted molar refractivity (Wildman–Crippen MR) is 71.0 cm³/mol. The van der Waals surface area contributed by atoms with Crippen molar-refractivity contribution in [2.75, 3.05) is 6.54 Å². The Balaban J connectivity index is 2.87. The second-order valence-corrected chi connectivity index (χ2v) is 4.89. The maximum absolute atomic E-state index is 13.7. The first kappa shape index (κ1) is 14.6. The van der Waals surface area contributed by atoms with E-state index < -0.39 is 5.82 Å². The lowest BCUT2D eigenvalue weighted by molar-refractivity contribution is 0.0896. The second-order valence-electron chi connectivity index (χ2n) is 4.89. The summed E-state index contributed by atoms with van der Waals surface area (Å²) < 4.78 is 13.7. The molecule has 0 aliphatic rings. The fraction of sp³-hybridized carbons (Fsp3) is 0.500. The zero-order valence-corrected chi connectivity index (χ0v) is 11.2. The Morgan fingerprint density at radius 2 is 2.17 bits per heavy atom. The van der Waals surface area contributed by atoms with E-state index in [9.17, 15) is 9.18 Å². The van der Waals surface area contributed by atoms with Crippen LogP contribution in [0.3, 0.4) is 0 Å². The van der Waals surface area contributed by atoms with Gasteiger partial charge in [0, 0.05) is 5.54 Å². The van der Waals surface area contributed by atoms with Crippen LogP contribution >= 0.6 is 0 Å². The Morgan fingerprint density at radius 3 is 2.67 bits per heavy atom. The molecule has 1 atom stereocenters. The van der Waals surface area contributed by atoms with Gasteiger partial charge in [-0.25, -0.2) is 4.39 Å². The van der Waals surface area contributed by atoms with Crippen molar-refractivity contribution in [2.45, 2.75) is 39.2 Å². The molecule has 0 aliphatic carbocycles. The molecule has 0 aliphatic heterocycles. The number of aryl methyl sites for hydroxylation is 1. The number of carbonyl (C=O) groups is 1. The molecule has 1 aromatic rings. The fourth-order valence-corrected chi connectivity index (χ4v) is 1.79. The topological polar surface area (TPSA) is 55.1 Å². The van der Waals surface area contributed by atoms with E-state index in [1.807, 2.05) is 13.8 Å². The van der Waals surface area contributed by atoms with Gasteiger partial charge in [-0.1, -0.05) is 13.0 Å². The smallest absolute Gasteiger partial charge is 0.254 e. The van der Waals surface area contributed by atoms with Crippen LogP contribution in [0.25, 0.3) is 0 Å². The number of rotatable bonds is 5. The Bertz CT molecular complexity index is 434. The summed E-state index contributed by atoms with van der Waals surface area (Å²) in [5.74, 6) is -0.871. The van der Waals surface area contributed by atoms with E-state index >= 15 is 0 Å². The number of hydrogen-bond acceptors (Lipinski definition) is 2. The Kier molecular flexibility index (Phi) is 4.84. The van der Waals surface area contributed by atoms with Gasteiger partial charge >= 0.3 is 0 Å². The van der Waals surface area contributed by atoms with Crippen LogP contribution in [0, 0.1) is 12.7 Å². The Hall–Kier alpha value is -1.42. The second kappa shape index (κ2) is 5.96. The first-order valence-corrected chi connectivity index (χ1v) is 6.20. The van der Waals surface area contributed by atoms with Crippen LogP contribution in [-0.2, 0) is 0 Å². The molecule has 1 rings (SSSR count). The molecule has 0 heterocycles. The van der Waals surface area contributed by atoms with E-state index in [1.54, 1.807) is 13.0 Å². The first-order valence-electron chi connectivity index (χ1n) is 6.20. The van der Waals surface area contributed by atoms with E-state index in [0.717, 1.165) is 12.0 Å². The van der Waals surface area contributed by atoms with Crippen LogP contribution in [-0.4, -0.2) is 18.0 Å². The molecule has 18 heavy (non-hydrogen) atoms. The van der Waals surface area contributed by atoms with Crippen molar-refractivity contribution < 1.29 is 9.18 Å². The number of nitrogens with one attached hydrogen (secondary N) is 1. The van der Waals surface area contributed by atoms with Gasteiger partial charge in [-0.3, -0.25) is 4.79 Å². The molecule has 0 saturated heterocycles. The van der Waals surface area contributed by atoms with Gasteiger partial charge in [0.25, 0.3) is 5.91 Å². The molecule has 0 saturated carbocycles. The minimum atomic E-state index is -0.487. The Morgan fingerprint density at radius 1 is 1.50 bits per heavy atom. The van der Waals surface area contributed by atoms with Crippen LogP contribution < -0.4 is 11.1 Å². The molecule has 1 amide bonds. The normalized spacial score (nSPS) is 14.1. The Labute approximate surface area is 108 Å². The summed E-state index contributed by atoms with van der Waals surface area (Å²) >= 11 is 0. The van der Waals surface area contributed by atoms with Crippen molar-refractivity contribution in [1.29, 1.82) is 0 Å². The number of amides is 1. The fourth-order valence-electron chi connectivity index (χ4n) is 1.79. The van der Waals surface area contributed by atoms with Gasteiger partial charge in [-0.05, 0) is 50.9 Å². The third-order valence-electron chi connectivity index (χ3n) is 3.26. The molecular formula is C14H21FN2O. The van der Waals surface area contributed by atoms with Crippen LogP contribution in [0.5, 0.6) is 0 Å². The summed E-state index contributed by atoms with van der Waals surface area (Å²) in [6.45, 7) is 6.17. The summed E-state index contributed by atoms with van der Waals surface area (Å²) in [4.78, 5) is 12.0. The zero-order valence-electron chi connectivity index (χ0n) is 11.2. The highest BCUT2D eigenvalue weighted by Crippen LogP contribution is 2.16. The molecule has 1 unspecified atom stereocenters. The SMILES string of the molecule is CCC(C)(CCN)NC(=O)c1ccc(C)cc1F. The minimum Gasteiger partial charge on any atom is -0.347 e. The molecule has 100 valence electrons. The van der Waals surface area contributed by atoms with Crippen LogP contribution in [0.4, 0.5) is 4.39 Å². The van der Waals surface area contributed by atoms with Crippen LogP contribution in [0.2, 0.25) is 0 Å². The summed E-state index contributed by atoms with van der Waals surface area (Å²) in [6, 6.07) is 4.60. The highest BCUT2D eigenvalue weighted by Gasteiger charge is 2.25. The highest BCUT2D eigenvalue weighted by molar-refractivity contribution is 5.95. The minimum absolute atomic E-state index is 0.0808. The van der Waals surface area contributed by atoms with Gasteiger partial charge < -0.3 is 11.1 Å². The molecule has 0 aromatic heterocycles. The molecule has 3 nitrogen and oxygen atoms in total. The van der Waals surface area contributed by atoms with E-state index in [1.165, 1.54) is 12.1 Å². The summed E-state index contributed by atoms with van der Waals surface area (Å²) in [5.41, 5.74) is 6.02.